The Kier molecular flexibility index (Phi) is 10.5. The first-order valence-corrected chi connectivity index (χ1v) is 26.2. The highest BCUT2D eigenvalue weighted by molar-refractivity contribution is 6.15. The van der Waals surface area contributed by atoms with E-state index >= 15 is 0 Å². The average molecular weight is 935 g/mol. The summed E-state index contributed by atoms with van der Waals surface area (Å²) in [5, 5.41) is 5.15. The first kappa shape index (κ1) is 43.1. The van der Waals surface area contributed by atoms with E-state index in [4.69, 9.17) is 0 Å². The van der Waals surface area contributed by atoms with Crippen LogP contribution in [0.3, 0.4) is 0 Å². The quantitative estimate of drug-likeness (QED) is 0.140. The van der Waals surface area contributed by atoms with E-state index in [0.29, 0.717) is 5.92 Å². The van der Waals surface area contributed by atoms with Crippen LogP contribution in [0.4, 0.5) is 17.1 Å². The minimum Gasteiger partial charge on any atom is -0.309 e. The highest BCUT2D eigenvalue weighted by Crippen LogP contribution is 2.58. The molecule has 0 aliphatic heterocycles. The molecule has 0 unspecified atom stereocenters. The van der Waals surface area contributed by atoms with Crippen LogP contribution in [0.1, 0.15) is 65.8 Å². The zero-order valence-corrected chi connectivity index (χ0v) is 40.8. The molecule has 1 saturated carbocycles. The molecule has 12 aromatic rings. The van der Waals surface area contributed by atoms with Crippen molar-refractivity contribution in [1.29, 1.82) is 0 Å². The van der Waals surface area contributed by atoms with E-state index < -0.39 is 5.41 Å². The molecule has 0 spiro atoms. The van der Waals surface area contributed by atoms with Gasteiger partial charge in [-0.2, -0.15) is 0 Å². The Balaban J connectivity index is 1.08. The molecule has 1 aromatic heterocycles. The van der Waals surface area contributed by atoms with Crippen molar-refractivity contribution < 1.29 is 0 Å². The molecule has 2 heteroatoms. The number of rotatable bonds is 9. The molecule has 14 rings (SSSR count). The lowest BCUT2D eigenvalue weighted by Gasteiger charge is -2.35. The third-order valence-electron chi connectivity index (χ3n) is 16.3. The Bertz CT molecular complexity index is 3970. The van der Waals surface area contributed by atoms with Gasteiger partial charge in [-0.3, -0.25) is 0 Å². The number of fused-ring (bicyclic) bond motifs is 7. The summed E-state index contributed by atoms with van der Waals surface area (Å²) in [6, 6.07) is 97.7. The lowest BCUT2D eigenvalue weighted by Crippen LogP contribution is -2.28. The number of aromatic nitrogens is 1. The smallest absolute Gasteiger partial charge is 0.0714 e. The highest BCUT2D eigenvalue weighted by Gasteiger charge is 2.46. The number of hydrogen-bond acceptors (Lipinski definition) is 1. The van der Waals surface area contributed by atoms with Crippen molar-refractivity contribution in [2.45, 2.75) is 43.4 Å². The van der Waals surface area contributed by atoms with E-state index in [9.17, 15) is 0 Å². The van der Waals surface area contributed by atoms with Crippen LogP contribution >= 0.6 is 0 Å². The van der Waals surface area contributed by atoms with Crippen molar-refractivity contribution in [3.8, 4) is 39.1 Å². The molecule has 73 heavy (non-hydrogen) atoms. The van der Waals surface area contributed by atoms with Crippen molar-refractivity contribution >= 4 is 49.6 Å². The SMILES string of the molecule is c1ccc(-n2c3ccccc3c3cccc(-c4ccccc4N(c4ccc5c(c4)C(c4ccccc4)(c4ccccc4)c4ccccc4-5)c4ccccc4-c4cccc5cccc(C6CCCCC6)c45)c32)cc1. The molecule has 0 radical (unpaired) electrons. The van der Waals surface area contributed by atoms with Crippen LogP contribution in [0.25, 0.3) is 71.6 Å². The van der Waals surface area contributed by atoms with E-state index in [-0.39, 0.29) is 0 Å². The second-order valence-corrected chi connectivity index (χ2v) is 20.1. The fourth-order valence-corrected chi connectivity index (χ4v) is 13.2. The zero-order valence-electron chi connectivity index (χ0n) is 40.8. The van der Waals surface area contributed by atoms with E-state index in [0.717, 1.165) is 28.3 Å². The zero-order chi connectivity index (χ0) is 48.3. The van der Waals surface area contributed by atoms with Crippen molar-refractivity contribution in [1.82, 2.24) is 4.57 Å². The summed E-state index contributed by atoms with van der Waals surface area (Å²) >= 11 is 0. The maximum absolute atomic E-state index is 2.59. The molecular weight excluding hydrogens is 881 g/mol. The van der Waals surface area contributed by atoms with Gasteiger partial charge in [-0.1, -0.05) is 238 Å². The van der Waals surface area contributed by atoms with Crippen LogP contribution in [0, 0.1) is 0 Å². The molecule has 0 bridgehead atoms. The Labute approximate surface area is 428 Å². The molecule has 348 valence electrons. The fraction of sp³-hybridized carbons (Fsp3) is 0.0986. The second kappa shape index (κ2) is 17.8. The molecule has 0 atom stereocenters. The molecule has 1 heterocycles. The van der Waals surface area contributed by atoms with Crippen molar-refractivity contribution in [3.63, 3.8) is 0 Å². The molecule has 2 nitrogen and oxygen atoms in total. The average Bonchev–Trinajstić information content (AvgIpc) is 3.97. The van der Waals surface area contributed by atoms with Crippen LogP contribution in [0.5, 0.6) is 0 Å². The van der Waals surface area contributed by atoms with E-state index in [2.05, 4.69) is 270 Å². The molecule has 0 amide bonds. The maximum atomic E-state index is 2.59. The van der Waals surface area contributed by atoms with E-state index in [1.165, 1.54) is 120 Å². The van der Waals surface area contributed by atoms with Gasteiger partial charge in [0.15, 0.2) is 0 Å². The standard InChI is InChI=1S/C71H54N2/c1-5-24-49(25-6-1)55-38-21-26-50-27-22-39-61(69(50)55)58-35-14-18-43-66(58)72(54-46-47-57-56-34-13-17-42-64(56)71(65(57)48-54,51-28-7-2-8-29-51)52-30-9-3-10-31-52)67-44-19-15-36-59(67)62-40-23-41-63-60-37-16-20-45-68(60)73(70(62)63)53-32-11-4-12-33-53/h2-4,7-23,26-49H,1,5-6,24-25H2. The highest BCUT2D eigenvalue weighted by atomic mass is 15.1. The lowest BCUT2D eigenvalue weighted by molar-refractivity contribution is 0.445. The minimum atomic E-state index is -0.568. The third-order valence-corrected chi connectivity index (χ3v) is 16.3. The summed E-state index contributed by atoms with van der Waals surface area (Å²) in [6.07, 6.45) is 6.38. The van der Waals surface area contributed by atoms with Crippen LogP contribution in [0.2, 0.25) is 0 Å². The van der Waals surface area contributed by atoms with Gasteiger partial charge >= 0.3 is 0 Å². The summed E-state index contributed by atoms with van der Waals surface area (Å²) in [5.41, 5.74) is 20.2. The number of benzene rings is 11. The minimum absolute atomic E-state index is 0.543. The number of anilines is 3. The summed E-state index contributed by atoms with van der Waals surface area (Å²) in [6.45, 7) is 0. The van der Waals surface area contributed by atoms with Gasteiger partial charge in [-0.15, -0.1) is 0 Å². The van der Waals surface area contributed by atoms with Crippen LogP contribution in [0.15, 0.2) is 261 Å². The second-order valence-electron chi connectivity index (χ2n) is 20.1. The third kappa shape index (κ3) is 6.85. The number of nitrogens with zero attached hydrogens (tertiary/aromatic N) is 2. The summed E-state index contributed by atoms with van der Waals surface area (Å²) in [4.78, 5) is 2.59. The number of hydrogen-bond donors (Lipinski definition) is 0. The topological polar surface area (TPSA) is 8.17 Å². The van der Waals surface area contributed by atoms with E-state index in [1.54, 1.807) is 0 Å². The van der Waals surface area contributed by atoms with Gasteiger partial charge < -0.3 is 9.47 Å². The first-order chi connectivity index (χ1) is 36.3. The molecule has 0 saturated heterocycles. The lowest BCUT2D eigenvalue weighted by atomic mass is 9.67. The van der Waals surface area contributed by atoms with Crippen molar-refractivity contribution in [2.75, 3.05) is 4.90 Å². The van der Waals surface area contributed by atoms with Crippen LogP contribution < -0.4 is 4.90 Å². The monoisotopic (exact) mass is 934 g/mol. The van der Waals surface area contributed by atoms with Crippen molar-refractivity contribution in [2.24, 2.45) is 0 Å². The van der Waals surface area contributed by atoms with Crippen molar-refractivity contribution in [3.05, 3.63) is 289 Å². The Morgan fingerprint density at radius 3 is 1.64 bits per heavy atom. The molecule has 2 aliphatic carbocycles. The van der Waals surface area contributed by atoms with Gasteiger partial charge in [-0.05, 0) is 117 Å². The largest absolute Gasteiger partial charge is 0.309 e. The summed E-state index contributed by atoms with van der Waals surface area (Å²) < 4.78 is 2.47. The fourth-order valence-electron chi connectivity index (χ4n) is 13.2. The molecular formula is C71H54N2. The number of para-hydroxylation sites is 5. The van der Waals surface area contributed by atoms with Crippen LogP contribution in [-0.2, 0) is 5.41 Å². The Morgan fingerprint density at radius 1 is 0.384 bits per heavy atom. The van der Waals surface area contributed by atoms with Crippen LogP contribution in [-0.4, -0.2) is 4.57 Å². The van der Waals surface area contributed by atoms with Gasteiger partial charge in [0.1, 0.15) is 0 Å². The van der Waals surface area contributed by atoms with Gasteiger partial charge in [0.25, 0.3) is 0 Å². The normalized spacial score (nSPS) is 14.1. The van der Waals surface area contributed by atoms with Gasteiger partial charge in [0.2, 0.25) is 0 Å². The molecule has 11 aromatic carbocycles. The Hall–Kier alpha value is -8.72. The molecule has 2 aliphatic rings. The maximum Gasteiger partial charge on any atom is 0.0714 e. The predicted octanol–water partition coefficient (Wildman–Crippen LogP) is 19.2. The molecule has 1 fully saturated rings. The van der Waals surface area contributed by atoms with Gasteiger partial charge in [0, 0.05) is 38.8 Å². The van der Waals surface area contributed by atoms with Gasteiger partial charge in [0.05, 0.1) is 27.8 Å². The first-order valence-electron chi connectivity index (χ1n) is 26.2. The predicted molar refractivity (Wildman–Crippen MR) is 307 cm³/mol. The summed E-state index contributed by atoms with van der Waals surface area (Å²) in [7, 11) is 0. The van der Waals surface area contributed by atoms with E-state index in [1.807, 2.05) is 0 Å². The molecule has 0 N–H and O–H groups in total. The summed E-state index contributed by atoms with van der Waals surface area (Å²) in [5.74, 6) is 0.543. The van der Waals surface area contributed by atoms with Gasteiger partial charge in [-0.25, -0.2) is 0 Å². The Morgan fingerprint density at radius 2 is 0.918 bits per heavy atom.